The molecule has 5 atom stereocenters. The molecule has 0 unspecified atom stereocenters. The quantitative estimate of drug-likeness (QED) is 0.112. The van der Waals surface area contributed by atoms with E-state index in [9.17, 15) is 41.2 Å². The van der Waals surface area contributed by atoms with E-state index in [-0.39, 0.29) is 29.7 Å². The Bertz CT molecular complexity index is 1950. The number of aliphatic hydroxyl groups is 1. The van der Waals surface area contributed by atoms with Gasteiger partial charge in [-0.15, -0.1) is 0 Å². The Labute approximate surface area is 358 Å². The number of nitrogens with two attached hydrogens (primary N) is 1. The number of unbranched alkanes of at least 4 members (excludes halogenated alkanes) is 2. The number of aliphatic hydroxyl groups excluding tert-OH is 1. The monoisotopic (exact) mass is 882 g/mol. The van der Waals surface area contributed by atoms with Crippen LogP contribution in [0.3, 0.4) is 0 Å². The lowest BCUT2D eigenvalue weighted by Gasteiger charge is -2.34. The van der Waals surface area contributed by atoms with Crippen molar-refractivity contribution in [2.24, 2.45) is 34.8 Å². The summed E-state index contributed by atoms with van der Waals surface area (Å²) in [6.45, 7) is 9.58. The third kappa shape index (κ3) is 14.7. The average molecular weight is 883 g/mol. The molecular formula is C43H68F2N6O9S. The van der Waals surface area contributed by atoms with Crippen LogP contribution in [0.5, 0.6) is 5.75 Å². The molecule has 15 nitrogen and oxygen atoms in total. The van der Waals surface area contributed by atoms with Crippen LogP contribution < -0.4 is 26.1 Å². The molecule has 344 valence electrons. The number of nitrogens with one attached hydrogen (secondary N) is 3. The minimum Gasteiger partial charge on any atom is -0.497 e. The van der Waals surface area contributed by atoms with Gasteiger partial charge in [-0.1, -0.05) is 72.6 Å². The third-order valence-electron chi connectivity index (χ3n) is 12.2. The number of primary amides is 1. The number of amides is 4. The van der Waals surface area contributed by atoms with Gasteiger partial charge in [-0.3, -0.25) is 28.7 Å². The molecule has 3 aliphatic carbocycles. The van der Waals surface area contributed by atoms with Gasteiger partial charge in [0.1, 0.15) is 23.5 Å². The highest BCUT2D eigenvalue weighted by Gasteiger charge is 2.53. The van der Waals surface area contributed by atoms with Crippen molar-refractivity contribution in [2.75, 3.05) is 20.8 Å². The summed E-state index contributed by atoms with van der Waals surface area (Å²) < 4.78 is 53.9. The molecule has 0 radical (unpaired) electrons. The van der Waals surface area contributed by atoms with Gasteiger partial charge in [-0.05, 0) is 80.8 Å². The molecule has 1 aromatic carbocycles. The first kappa shape index (κ1) is 51.2. The molecule has 3 saturated carbocycles. The molecule has 0 spiro atoms. The Balaban J connectivity index is 0.000000242. The number of aromatic nitrogens is 2. The fourth-order valence-electron chi connectivity index (χ4n) is 7.99. The summed E-state index contributed by atoms with van der Waals surface area (Å²) in [6.07, 6.45) is 11.3. The van der Waals surface area contributed by atoms with Gasteiger partial charge in [-0.25, -0.2) is 22.2 Å². The Morgan fingerprint density at radius 1 is 1.11 bits per heavy atom. The van der Waals surface area contributed by atoms with E-state index < -0.39 is 56.4 Å². The Kier molecular flexibility index (Phi) is 19.1. The van der Waals surface area contributed by atoms with Crippen molar-refractivity contribution >= 4 is 45.2 Å². The van der Waals surface area contributed by atoms with E-state index in [1.165, 1.54) is 49.8 Å². The van der Waals surface area contributed by atoms with Crippen molar-refractivity contribution in [3.63, 3.8) is 0 Å². The van der Waals surface area contributed by atoms with Gasteiger partial charge < -0.3 is 30.8 Å². The summed E-state index contributed by atoms with van der Waals surface area (Å²) in [4.78, 5) is 67.4. The van der Waals surface area contributed by atoms with Crippen LogP contribution in [0.25, 0.3) is 11.0 Å². The van der Waals surface area contributed by atoms with Crippen molar-refractivity contribution in [2.45, 2.75) is 148 Å². The van der Waals surface area contributed by atoms with Gasteiger partial charge in [0.15, 0.2) is 0 Å². The van der Waals surface area contributed by atoms with Gasteiger partial charge in [0, 0.05) is 32.1 Å². The smallest absolute Gasteiger partial charge is 0.270 e. The summed E-state index contributed by atoms with van der Waals surface area (Å²) >= 11 is 0. The number of hydrogen-bond acceptors (Lipinski definition) is 10. The molecule has 1 aromatic heterocycles. The maximum Gasteiger partial charge on any atom is 0.270 e. The number of alkyl halides is 2. The zero-order valence-corrected chi connectivity index (χ0v) is 37.6. The molecule has 61 heavy (non-hydrogen) atoms. The van der Waals surface area contributed by atoms with Gasteiger partial charge in [-0.2, -0.15) is 0 Å². The topological polar surface area (TPSA) is 231 Å². The molecule has 2 aromatic rings. The zero-order valence-electron chi connectivity index (χ0n) is 36.8. The highest BCUT2D eigenvalue weighted by molar-refractivity contribution is 7.91. The van der Waals surface area contributed by atoms with E-state index >= 15 is 0 Å². The lowest BCUT2D eigenvalue weighted by Crippen LogP contribution is -2.56. The standard InChI is InChI=1S/C19H26N2O2.C13H23N3O3.C10H15F2NO3S.CH4O/c1-23-15-11-12-16-18(13-15)21-19(22)17(20-16)10-4-2-3-7-14-8-5-6-9-14;1-8-5-6-16(9(8)11(14)18)12(19)10(15-7-17)13(2,3)4;1-10(2-3-10)17(15,16)13-9(14)7-4-6(7)5-8(11)12;1-2/h11-14H,2-10H2,1H3,(H,21,22);7-10H,5-6H2,1-4H3,(H2,14,18)(H,15,17);6-8H,2-5H2,1H3,(H,13,14);2H,1H3/t;8-,9+,10-;6-,7-;/m.10./s1. The predicted octanol–water partition coefficient (Wildman–Crippen LogP) is 4.98. The second-order valence-electron chi connectivity index (χ2n) is 18.0. The molecule has 4 fully saturated rings. The normalized spacial score (nSPS) is 22.0. The van der Waals surface area contributed by atoms with Crippen LogP contribution in [-0.2, 0) is 35.6 Å². The van der Waals surface area contributed by atoms with Crippen LogP contribution in [0.4, 0.5) is 8.78 Å². The van der Waals surface area contributed by atoms with Gasteiger partial charge in [0.2, 0.25) is 40.6 Å². The summed E-state index contributed by atoms with van der Waals surface area (Å²) in [5, 5.41) is 9.55. The van der Waals surface area contributed by atoms with Gasteiger partial charge in [0.05, 0.1) is 22.9 Å². The molecule has 4 amide bonds. The van der Waals surface area contributed by atoms with E-state index in [1.807, 2.05) is 50.6 Å². The van der Waals surface area contributed by atoms with Crippen molar-refractivity contribution in [1.82, 2.24) is 24.9 Å². The minimum atomic E-state index is -3.63. The molecule has 2 heterocycles. The predicted molar refractivity (Wildman–Crippen MR) is 229 cm³/mol. The third-order valence-corrected chi connectivity index (χ3v) is 14.3. The van der Waals surface area contributed by atoms with Crippen LogP contribution in [0.15, 0.2) is 23.0 Å². The first-order valence-corrected chi connectivity index (χ1v) is 22.8. The van der Waals surface area contributed by atoms with E-state index in [1.54, 1.807) is 14.0 Å². The van der Waals surface area contributed by atoms with Crippen LogP contribution in [0.2, 0.25) is 0 Å². The Hall–Kier alpha value is -4.19. The number of aryl methyl sites for hydroxylation is 1. The highest BCUT2D eigenvalue weighted by atomic mass is 32.2. The van der Waals surface area contributed by atoms with Crippen LogP contribution in [0.1, 0.15) is 124 Å². The van der Waals surface area contributed by atoms with Crippen LogP contribution >= 0.6 is 0 Å². The number of ether oxygens (including phenoxy) is 1. The van der Waals surface area contributed by atoms with Crippen molar-refractivity contribution in [1.29, 1.82) is 0 Å². The fourth-order valence-corrected chi connectivity index (χ4v) is 9.29. The summed E-state index contributed by atoms with van der Waals surface area (Å²) in [6, 6.07) is 4.35. The number of likely N-dealkylation sites (tertiary alicyclic amines) is 1. The minimum absolute atomic E-state index is 0.0540. The summed E-state index contributed by atoms with van der Waals surface area (Å²) in [7, 11) is -1.01. The van der Waals surface area contributed by atoms with E-state index in [0.29, 0.717) is 37.9 Å². The molecular weight excluding hydrogens is 815 g/mol. The number of fused-ring (bicyclic) bond motifs is 1. The highest BCUT2D eigenvalue weighted by Crippen LogP contribution is 2.45. The van der Waals surface area contributed by atoms with Gasteiger partial charge >= 0.3 is 0 Å². The van der Waals surface area contributed by atoms with Crippen molar-refractivity contribution in [3.05, 3.63) is 34.2 Å². The average Bonchev–Trinajstić information content (AvgIpc) is 4.03. The number of aromatic amines is 1. The molecule has 6 rings (SSSR count). The maximum atomic E-state index is 12.5. The van der Waals surface area contributed by atoms with Crippen molar-refractivity contribution < 1.29 is 46.2 Å². The van der Waals surface area contributed by atoms with E-state index in [2.05, 4.69) is 15.3 Å². The number of hydrogen-bond donors (Lipinski definition) is 5. The molecule has 1 aliphatic heterocycles. The fraction of sp³-hybridized carbons (Fsp3) is 0.721. The van der Waals surface area contributed by atoms with E-state index in [0.717, 1.165) is 49.1 Å². The number of sulfonamides is 1. The number of carbonyl (C=O) groups excluding carboxylic acids is 4. The first-order chi connectivity index (χ1) is 28.7. The summed E-state index contributed by atoms with van der Waals surface area (Å²) in [5.41, 5.74) is 7.10. The zero-order chi connectivity index (χ0) is 45.7. The lowest BCUT2D eigenvalue weighted by atomic mass is 9.85. The number of H-pyrrole nitrogens is 1. The number of benzene rings is 1. The number of carbonyl (C=O) groups is 4. The first-order valence-electron chi connectivity index (χ1n) is 21.4. The van der Waals surface area contributed by atoms with Crippen molar-refractivity contribution in [3.8, 4) is 5.75 Å². The molecule has 0 bridgehead atoms. The molecule has 4 aliphatic rings. The number of nitrogens with zero attached hydrogens (tertiary/aromatic N) is 2. The number of methoxy groups -OCH3 is 1. The second-order valence-corrected chi connectivity index (χ2v) is 20.2. The van der Waals surface area contributed by atoms with E-state index in [4.69, 9.17) is 15.6 Å². The molecule has 6 N–H and O–H groups in total. The van der Waals surface area contributed by atoms with Crippen LogP contribution in [-0.4, -0.2) is 96.5 Å². The molecule has 1 saturated heterocycles. The Morgan fingerprint density at radius 2 is 1.77 bits per heavy atom. The number of rotatable bonds is 16. The SMILES string of the molecule is CC1(S(=O)(=O)NC(=O)[C@H]2C[C@H]2CC(F)F)CC1.CO.COc1ccc2nc(CCCCCC3CCCC3)c(=O)[nH]c2c1.C[C@@H]1CCN(C(=O)[C@@H](NC=O)C(C)(C)C)[C@@H]1C(N)=O. The van der Waals surface area contributed by atoms with Crippen LogP contribution in [0, 0.1) is 29.1 Å². The number of halogens is 2. The molecule has 18 heteroatoms. The lowest BCUT2D eigenvalue weighted by molar-refractivity contribution is -0.142. The summed E-state index contributed by atoms with van der Waals surface area (Å²) in [5.74, 6) is -0.521. The second kappa shape index (κ2) is 22.8. The maximum absolute atomic E-state index is 12.5. The largest absolute Gasteiger partial charge is 0.497 e. The van der Waals surface area contributed by atoms with Gasteiger partial charge in [0.25, 0.3) is 5.56 Å². The Morgan fingerprint density at radius 3 is 2.33 bits per heavy atom.